The maximum Gasteiger partial charge on any atom is 0.513 e. The van der Waals surface area contributed by atoms with E-state index in [0.717, 1.165) is 40.3 Å². The van der Waals surface area contributed by atoms with Crippen molar-refractivity contribution in [1.82, 2.24) is 0 Å². The molecule has 0 heterocycles. The Morgan fingerprint density at radius 2 is 2.04 bits per heavy atom. The van der Waals surface area contributed by atoms with E-state index in [-0.39, 0.29) is 0 Å². The minimum Gasteiger partial charge on any atom is -0.507 e. The van der Waals surface area contributed by atoms with E-state index in [1.807, 2.05) is 25.1 Å². The van der Waals surface area contributed by atoms with Gasteiger partial charge < -0.3 is 14.6 Å². The molecule has 2 aromatic rings. The smallest absolute Gasteiger partial charge is 0.507 e. The first-order chi connectivity index (χ1) is 11.0. The Morgan fingerprint density at radius 3 is 2.78 bits per heavy atom. The summed E-state index contributed by atoms with van der Waals surface area (Å²) in [6.07, 6.45) is 1.39. The van der Waals surface area contributed by atoms with Gasteiger partial charge in [0.05, 0.1) is 7.11 Å². The topological polar surface area (TPSA) is 55.8 Å². The summed E-state index contributed by atoms with van der Waals surface area (Å²) in [5.74, 6) is 2.18. The number of methoxy groups -OCH3 is 1. The molecule has 1 saturated carbocycles. The summed E-state index contributed by atoms with van der Waals surface area (Å²) >= 11 is 0. The molecule has 2 aliphatic rings. The zero-order valence-corrected chi connectivity index (χ0v) is 13.6. The summed E-state index contributed by atoms with van der Waals surface area (Å²) in [7, 11) is 1.31. The van der Waals surface area contributed by atoms with Crippen molar-refractivity contribution in [3.63, 3.8) is 0 Å². The van der Waals surface area contributed by atoms with Crippen molar-refractivity contribution >= 4 is 16.9 Å². The number of carbonyl (C=O) groups excluding carboxylic acids is 1. The third-order valence-corrected chi connectivity index (χ3v) is 5.56. The molecule has 23 heavy (non-hydrogen) atoms. The van der Waals surface area contributed by atoms with Crippen LogP contribution in [0.5, 0.6) is 11.5 Å². The van der Waals surface area contributed by atoms with Crippen molar-refractivity contribution in [2.75, 3.05) is 7.11 Å². The van der Waals surface area contributed by atoms with Crippen LogP contribution >= 0.6 is 0 Å². The molecule has 4 nitrogen and oxygen atoms in total. The third kappa shape index (κ3) is 1.87. The molecule has 120 valence electrons. The van der Waals surface area contributed by atoms with Crippen LogP contribution in [0.1, 0.15) is 48.3 Å². The number of phenols is 1. The van der Waals surface area contributed by atoms with Gasteiger partial charge in [-0.2, -0.15) is 0 Å². The van der Waals surface area contributed by atoms with Gasteiger partial charge in [0, 0.05) is 21.9 Å². The molecular formula is C19H20O4. The van der Waals surface area contributed by atoms with Crippen LogP contribution in [0.2, 0.25) is 0 Å². The average Bonchev–Trinajstić information content (AvgIpc) is 3.08. The quantitative estimate of drug-likeness (QED) is 0.617. The Balaban J connectivity index is 2.07. The normalized spacial score (nSPS) is 24.7. The number of benzene rings is 2. The van der Waals surface area contributed by atoms with E-state index in [4.69, 9.17) is 9.47 Å². The third-order valence-electron chi connectivity index (χ3n) is 5.56. The summed E-state index contributed by atoms with van der Waals surface area (Å²) in [4.78, 5) is 11.8. The molecule has 0 radical (unpaired) electrons. The molecule has 0 spiro atoms. The monoisotopic (exact) mass is 312 g/mol. The summed E-state index contributed by atoms with van der Waals surface area (Å²) in [6, 6.07) is 5.77. The fourth-order valence-corrected chi connectivity index (χ4v) is 4.59. The van der Waals surface area contributed by atoms with Gasteiger partial charge in [0.1, 0.15) is 11.5 Å². The molecule has 3 atom stereocenters. The summed E-state index contributed by atoms with van der Waals surface area (Å²) in [5, 5.41) is 12.4. The van der Waals surface area contributed by atoms with E-state index in [0.29, 0.717) is 29.3 Å². The van der Waals surface area contributed by atoms with Gasteiger partial charge in [0.25, 0.3) is 0 Å². The molecule has 0 amide bonds. The van der Waals surface area contributed by atoms with Gasteiger partial charge in [-0.1, -0.05) is 25.1 Å². The molecular weight excluding hydrogens is 292 g/mol. The molecule has 4 heteroatoms. The van der Waals surface area contributed by atoms with Crippen LogP contribution in [0.25, 0.3) is 10.8 Å². The Morgan fingerprint density at radius 1 is 1.26 bits per heavy atom. The second kappa shape index (κ2) is 4.88. The lowest BCUT2D eigenvalue weighted by Gasteiger charge is -2.26. The van der Waals surface area contributed by atoms with Crippen LogP contribution < -0.4 is 4.74 Å². The Kier molecular flexibility index (Phi) is 3.05. The predicted molar refractivity (Wildman–Crippen MR) is 87.3 cm³/mol. The van der Waals surface area contributed by atoms with Crippen molar-refractivity contribution < 1.29 is 19.4 Å². The molecule has 4 rings (SSSR count). The summed E-state index contributed by atoms with van der Waals surface area (Å²) < 4.78 is 10.3. The lowest BCUT2D eigenvalue weighted by Crippen LogP contribution is -2.14. The van der Waals surface area contributed by atoms with Crippen LogP contribution in [-0.2, 0) is 4.74 Å². The number of phenolic OH excluding ortho intramolecular Hbond substituents is 1. The van der Waals surface area contributed by atoms with Gasteiger partial charge in [-0.25, -0.2) is 4.79 Å². The zero-order valence-electron chi connectivity index (χ0n) is 13.6. The van der Waals surface area contributed by atoms with Crippen molar-refractivity contribution in [3.05, 3.63) is 34.9 Å². The predicted octanol–water partition coefficient (Wildman–Crippen LogP) is 4.61. The fraction of sp³-hybridized carbons (Fsp3) is 0.421. The van der Waals surface area contributed by atoms with Crippen LogP contribution in [0.3, 0.4) is 0 Å². The van der Waals surface area contributed by atoms with Crippen molar-refractivity contribution in [3.8, 4) is 11.5 Å². The second-order valence-electron chi connectivity index (χ2n) is 6.81. The van der Waals surface area contributed by atoms with Gasteiger partial charge >= 0.3 is 6.16 Å². The zero-order chi connectivity index (χ0) is 16.3. The molecule has 3 unspecified atom stereocenters. The lowest BCUT2D eigenvalue weighted by molar-refractivity contribution is 0.121. The van der Waals surface area contributed by atoms with E-state index >= 15 is 0 Å². The van der Waals surface area contributed by atoms with Gasteiger partial charge in [0.2, 0.25) is 0 Å². The second-order valence-corrected chi connectivity index (χ2v) is 6.81. The van der Waals surface area contributed by atoms with Gasteiger partial charge in [-0.15, -0.1) is 0 Å². The van der Waals surface area contributed by atoms with Crippen molar-refractivity contribution in [1.29, 1.82) is 0 Å². The maximum atomic E-state index is 11.8. The SMILES string of the molecule is COC(=O)Oc1c2c(c(O)c3cccc(C)c13)C1CC2CC1C. The van der Waals surface area contributed by atoms with Crippen LogP contribution in [0.15, 0.2) is 18.2 Å². The van der Waals surface area contributed by atoms with Gasteiger partial charge in [-0.05, 0) is 43.1 Å². The Hall–Kier alpha value is -2.23. The number of fused-ring (bicyclic) bond motifs is 6. The molecule has 1 N–H and O–H groups in total. The number of aryl methyl sites for hydroxylation is 1. The highest BCUT2D eigenvalue weighted by atomic mass is 16.7. The molecule has 1 fully saturated rings. The van der Waals surface area contributed by atoms with E-state index in [1.165, 1.54) is 7.11 Å². The molecule has 2 aliphatic carbocycles. The highest BCUT2D eigenvalue weighted by Crippen LogP contribution is 2.63. The van der Waals surface area contributed by atoms with E-state index in [9.17, 15) is 9.90 Å². The molecule has 0 aliphatic heterocycles. The van der Waals surface area contributed by atoms with Crippen molar-refractivity contribution in [2.24, 2.45) is 5.92 Å². The maximum absolute atomic E-state index is 11.8. The minimum atomic E-state index is -0.710. The number of ether oxygens (including phenoxy) is 2. The van der Waals surface area contributed by atoms with Crippen LogP contribution in [-0.4, -0.2) is 18.4 Å². The number of rotatable bonds is 1. The minimum absolute atomic E-state index is 0.347. The number of carbonyl (C=O) groups is 1. The summed E-state index contributed by atoms with van der Waals surface area (Å²) in [5.41, 5.74) is 2.97. The largest absolute Gasteiger partial charge is 0.513 e. The highest BCUT2D eigenvalue weighted by molar-refractivity contribution is 6.00. The number of hydrogen-bond acceptors (Lipinski definition) is 4. The van der Waals surface area contributed by atoms with Gasteiger partial charge in [0.15, 0.2) is 0 Å². The van der Waals surface area contributed by atoms with E-state index in [1.54, 1.807) is 0 Å². The number of hydrogen-bond donors (Lipinski definition) is 1. The first-order valence-electron chi connectivity index (χ1n) is 8.06. The van der Waals surface area contributed by atoms with E-state index in [2.05, 4.69) is 6.92 Å². The van der Waals surface area contributed by atoms with E-state index < -0.39 is 6.16 Å². The molecule has 2 bridgehead atoms. The first kappa shape index (κ1) is 14.4. The van der Waals surface area contributed by atoms with Gasteiger partial charge in [-0.3, -0.25) is 0 Å². The summed E-state index contributed by atoms with van der Waals surface area (Å²) in [6.45, 7) is 4.20. The van der Waals surface area contributed by atoms with Crippen molar-refractivity contribution in [2.45, 2.75) is 38.5 Å². The first-order valence-corrected chi connectivity index (χ1v) is 8.06. The molecule has 0 aromatic heterocycles. The lowest BCUT2D eigenvalue weighted by atomic mass is 9.81. The molecule has 2 aromatic carbocycles. The highest BCUT2D eigenvalue weighted by Gasteiger charge is 2.46. The average molecular weight is 312 g/mol. The Labute approximate surface area is 135 Å². The Bertz CT molecular complexity index is 824. The van der Waals surface area contributed by atoms with Crippen LogP contribution in [0, 0.1) is 12.8 Å². The standard InChI is InChI=1S/C19H20O4/c1-9-5-4-6-12-14(9)18(23-19(21)22-3)15-11-7-10(2)13(8-11)16(15)17(12)20/h4-6,10-11,13,20H,7-8H2,1-3H3. The molecule has 0 saturated heterocycles. The van der Waals surface area contributed by atoms with Crippen LogP contribution in [0.4, 0.5) is 4.79 Å². The fourth-order valence-electron chi connectivity index (χ4n) is 4.59. The number of aromatic hydroxyl groups is 1.